The minimum atomic E-state index is 0.0294. The molecule has 0 N–H and O–H groups in total. The summed E-state index contributed by atoms with van der Waals surface area (Å²) in [6.45, 7) is 0.0294. The van der Waals surface area contributed by atoms with E-state index in [4.69, 9.17) is 4.42 Å². The Morgan fingerprint density at radius 1 is 0.413 bits per heavy atom. The molecule has 0 saturated carbocycles. The van der Waals surface area contributed by atoms with Gasteiger partial charge in [0.1, 0.15) is 11.2 Å². The largest absolute Gasteiger partial charge is 0.455 e. The van der Waals surface area contributed by atoms with E-state index in [0.29, 0.717) is 0 Å². The highest BCUT2D eigenvalue weighted by atomic mass is 16.3. The fourth-order valence-electron chi connectivity index (χ4n) is 8.40. The van der Waals surface area contributed by atoms with E-state index in [2.05, 4.69) is 161 Å². The Morgan fingerprint density at radius 3 is 1.89 bits per heavy atom. The second-order valence-electron chi connectivity index (χ2n) is 12.4. The lowest BCUT2D eigenvalue weighted by Crippen LogP contribution is -2.63. The topological polar surface area (TPSA) is 19.6 Å². The second kappa shape index (κ2) is 8.80. The minimum Gasteiger partial charge on any atom is -0.455 e. The van der Waals surface area contributed by atoms with Gasteiger partial charge in [0.15, 0.2) is 0 Å². The van der Waals surface area contributed by atoms with E-state index in [1.807, 2.05) is 0 Å². The van der Waals surface area contributed by atoms with Crippen molar-refractivity contribution in [2.24, 2.45) is 0 Å². The zero-order chi connectivity index (χ0) is 29.9. The summed E-state index contributed by atoms with van der Waals surface area (Å²) in [4.78, 5) is 5.09. The summed E-state index contributed by atoms with van der Waals surface area (Å²) in [7, 11) is 0. The molecule has 0 atom stereocenters. The molecule has 0 unspecified atom stereocenters. The number of hydrogen-bond acceptors (Lipinski definition) is 3. The monoisotopic (exact) mass is 584 g/mol. The summed E-state index contributed by atoms with van der Waals surface area (Å²) in [5.41, 5.74) is 17.9. The molecule has 4 heteroatoms. The van der Waals surface area contributed by atoms with Gasteiger partial charge in [0, 0.05) is 50.2 Å². The van der Waals surface area contributed by atoms with Crippen molar-refractivity contribution in [3.05, 3.63) is 152 Å². The van der Waals surface area contributed by atoms with E-state index < -0.39 is 0 Å². The number of benzene rings is 7. The Morgan fingerprint density at radius 2 is 1.04 bits per heavy atom. The van der Waals surface area contributed by atoms with Crippen molar-refractivity contribution >= 4 is 68.1 Å². The van der Waals surface area contributed by atoms with Crippen LogP contribution < -0.4 is 20.6 Å². The van der Waals surface area contributed by atoms with Crippen LogP contribution in [-0.2, 0) is 0 Å². The highest BCUT2D eigenvalue weighted by Gasteiger charge is 2.49. The number of para-hydroxylation sites is 3. The summed E-state index contributed by atoms with van der Waals surface area (Å²) in [6.07, 6.45) is 0. The van der Waals surface area contributed by atoms with Crippen LogP contribution in [0.15, 0.2) is 156 Å². The van der Waals surface area contributed by atoms with Gasteiger partial charge in [0.2, 0.25) is 0 Å². The molecule has 0 bridgehead atoms. The Bertz CT molecular complexity index is 2570. The molecule has 3 aliphatic heterocycles. The molecule has 212 valence electrons. The SMILES string of the molecule is c1ccc(-c2ccccc2N2c3cccc4c3B3c5c(cccc52)-c2c(ccc5c2oc2ccccc25)N3c2ccccc2-4)cc1. The molecular weight excluding hydrogens is 559 g/mol. The molecule has 0 radical (unpaired) electrons. The molecule has 0 amide bonds. The number of nitrogens with zero attached hydrogens (tertiary/aromatic N) is 2. The molecule has 0 fully saturated rings. The van der Waals surface area contributed by atoms with Crippen molar-refractivity contribution in [2.45, 2.75) is 0 Å². The lowest BCUT2D eigenvalue weighted by Gasteiger charge is -2.49. The van der Waals surface area contributed by atoms with Crippen LogP contribution in [0.5, 0.6) is 0 Å². The molecule has 7 aromatic carbocycles. The fourth-order valence-corrected chi connectivity index (χ4v) is 8.40. The van der Waals surface area contributed by atoms with Gasteiger partial charge in [-0.2, -0.15) is 0 Å². The summed E-state index contributed by atoms with van der Waals surface area (Å²) < 4.78 is 6.75. The van der Waals surface area contributed by atoms with E-state index in [9.17, 15) is 0 Å². The standard InChI is InChI=1S/C42H25BN2O/c1-2-12-26(13-3-1)27-14-4-7-19-33(27)44-36-21-10-17-30-28-15-5-8-20-34(28)45-35-25-24-31-29-16-6-9-23-38(29)46-42(31)39(35)32-18-11-22-37(44)41(32)43(45)40(30)36/h1-25H. The summed E-state index contributed by atoms with van der Waals surface area (Å²) >= 11 is 0. The van der Waals surface area contributed by atoms with Gasteiger partial charge in [-0.05, 0) is 70.1 Å². The van der Waals surface area contributed by atoms with Crippen molar-refractivity contribution < 1.29 is 4.42 Å². The highest BCUT2D eigenvalue weighted by Crippen LogP contribution is 2.54. The van der Waals surface area contributed by atoms with Crippen LogP contribution in [0.1, 0.15) is 0 Å². The maximum Gasteiger partial charge on any atom is 0.333 e. The first-order valence-electron chi connectivity index (χ1n) is 15.9. The van der Waals surface area contributed by atoms with Crippen LogP contribution in [0.2, 0.25) is 0 Å². The molecule has 8 aromatic rings. The first-order chi connectivity index (χ1) is 22.9. The smallest absolute Gasteiger partial charge is 0.333 e. The maximum absolute atomic E-state index is 6.75. The highest BCUT2D eigenvalue weighted by molar-refractivity contribution is 6.95. The van der Waals surface area contributed by atoms with E-state index in [0.717, 1.165) is 27.5 Å². The normalized spacial score (nSPS) is 13.5. The van der Waals surface area contributed by atoms with Crippen LogP contribution in [0.4, 0.5) is 28.4 Å². The van der Waals surface area contributed by atoms with Crippen molar-refractivity contribution in [1.29, 1.82) is 0 Å². The Hall–Kier alpha value is -6.00. The van der Waals surface area contributed by atoms with E-state index in [1.54, 1.807) is 0 Å². The van der Waals surface area contributed by atoms with E-state index in [1.165, 1.54) is 67.2 Å². The van der Waals surface area contributed by atoms with Gasteiger partial charge in [-0.25, -0.2) is 0 Å². The van der Waals surface area contributed by atoms with Crippen molar-refractivity contribution in [3.8, 4) is 33.4 Å². The second-order valence-corrected chi connectivity index (χ2v) is 12.4. The quantitative estimate of drug-likeness (QED) is 0.189. The lowest BCUT2D eigenvalue weighted by atomic mass is 9.41. The molecule has 4 heterocycles. The Balaban J connectivity index is 1.30. The van der Waals surface area contributed by atoms with Gasteiger partial charge in [-0.3, -0.25) is 0 Å². The predicted molar refractivity (Wildman–Crippen MR) is 192 cm³/mol. The predicted octanol–water partition coefficient (Wildman–Crippen LogP) is 9.94. The molecule has 3 nitrogen and oxygen atoms in total. The summed E-state index contributed by atoms with van der Waals surface area (Å²) in [5, 5.41) is 2.30. The van der Waals surface area contributed by atoms with Crippen LogP contribution in [0, 0.1) is 0 Å². The average Bonchev–Trinajstić information content (AvgIpc) is 3.51. The third-order valence-electron chi connectivity index (χ3n) is 10.2. The molecule has 0 aliphatic carbocycles. The van der Waals surface area contributed by atoms with Gasteiger partial charge in [-0.1, -0.05) is 109 Å². The average molecular weight is 584 g/mol. The number of anilines is 5. The van der Waals surface area contributed by atoms with Crippen LogP contribution in [-0.4, -0.2) is 6.85 Å². The first-order valence-corrected chi connectivity index (χ1v) is 15.9. The molecule has 0 spiro atoms. The van der Waals surface area contributed by atoms with Gasteiger partial charge in [-0.15, -0.1) is 0 Å². The fraction of sp³-hybridized carbons (Fsp3) is 0. The zero-order valence-corrected chi connectivity index (χ0v) is 24.8. The van der Waals surface area contributed by atoms with Gasteiger partial charge < -0.3 is 14.1 Å². The van der Waals surface area contributed by atoms with E-state index in [-0.39, 0.29) is 6.85 Å². The molecular formula is C42H25BN2O. The molecule has 0 saturated heterocycles. The van der Waals surface area contributed by atoms with Crippen LogP contribution in [0.3, 0.4) is 0 Å². The lowest BCUT2D eigenvalue weighted by molar-refractivity contribution is 0.670. The third kappa shape index (κ3) is 2.99. The number of hydrogen-bond donors (Lipinski definition) is 0. The van der Waals surface area contributed by atoms with Crippen molar-refractivity contribution in [3.63, 3.8) is 0 Å². The Kier molecular flexibility index (Phi) is 4.66. The van der Waals surface area contributed by atoms with Crippen molar-refractivity contribution in [2.75, 3.05) is 9.71 Å². The summed E-state index contributed by atoms with van der Waals surface area (Å²) in [5.74, 6) is 0. The number of rotatable bonds is 2. The number of fused-ring (bicyclic) bond motifs is 10. The molecule has 11 rings (SSSR count). The van der Waals surface area contributed by atoms with E-state index >= 15 is 0 Å². The van der Waals surface area contributed by atoms with Crippen LogP contribution >= 0.6 is 0 Å². The molecule has 46 heavy (non-hydrogen) atoms. The third-order valence-corrected chi connectivity index (χ3v) is 10.2. The zero-order valence-electron chi connectivity index (χ0n) is 24.8. The molecule has 1 aromatic heterocycles. The minimum absolute atomic E-state index is 0.0294. The number of furan rings is 1. The summed E-state index contributed by atoms with van der Waals surface area (Å²) in [6, 6.07) is 55.1. The Labute approximate surface area is 266 Å². The van der Waals surface area contributed by atoms with Crippen molar-refractivity contribution in [1.82, 2.24) is 0 Å². The maximum atomic E-state index is 6.75. The van der Waals surface area contributed by atoms with Gasteiger partial charge in [0.05, 0.1) is 5.69 Å². The molecule has 3 aliphatic rings. The first kappa shape index (κ1) is 24.3. The van der Waals surface area contributed by atoms with Crippen LogP contribution in [0.25, 0.3) is 55.3 Å². The van der Waals surface area contributed by atoms with Gasteiger partial charge in [0.25, 0.3) is 0 Å². The van der Waals surface area contributed by atoms with Gasteiger partial charge >= 0.3 is 6.85 Å².